The second-order valence-electron chi connectivity index (χ2n) is 7.40. The number of anilines is 3. The predicted octanol–water partition coefficient (Wildman–Crippen LogP) is 1.81. The molecule has 162 valence electrons. The molecule has 32 heavy (non-hydrogen) atoms. The van der Waals surface area contributed by atoms with Crippen molar-refractivity contribution in [1.82, 2.24) is 34.7 Å². The summed E-state index contributed by atoms with van der Waals surface area (Å²) >= 11 is 0. The van der Waals surface area contributed by atoms with Gasteiger partial charge in [-0.05, 0) is 36.1 Å². The Hall–Kier alpha value is -4.12. The Morgan fingerprint density at radius 1 is 1.34 bits per heavy atom. The summed E-state index contributed by atoms with van der Waals surface area (Å²) in [5.41, 5.74) is 4.87. The van der Waals surface area contributed by atoms with E-state index < -0.39 is 0 Å². The number of aliphatic hydroxyl groups is 1. The third-order valence-electron chi connectivity index (χ3n) is 5.41. The molecular weight excluding hydrogens is 410 g/mol. The number of hydrogen-bond donors (Lipinski definition) is 3. The summed E-state index contributed by atoms with van der Waals surface area (Å²) in [6, 6.07) is 5.80. The van der Waals surface area contributed by atoms with E-state index in [4.69, 9.17) is 5.11 Å². The third-order valence-corrected chi connectivity index (χ3v) is 5.41. The number of nitrogens with zero attached hydrogens (tertiary/aromatic N) is 7. The summed E-state index contributed by atoms with van der Waals surface area (Å²) in [6.45, 7) is 3.94. The fourth-order valence-corrected chi connectivity index (χ4v) is 3.98. The maximum atomic E-state index is 11.8. The van der Waals surface area contributed by atoms with E-state index in [1.54, 1.807) is 23.3 Å². The van der Waals surface area contributed by atoms with Gasteiger partial charge in [-0.2, -0.15) is 10.1 Å². The molecule has 0 spiro atoms. The molecule has 0 radical (unpaired) electrons. The average Bonchev–Trinajstić information content (AvgIpc) is 3.52. The lowest BCUT2D eigenvalue weighted by molar-refractivity contribution is -0.111. The highest BCUT2D eigenvalue weighted by Gasteiger charge is 2.29. The lowest BCUT2D eigenvalue weighted by Crippen LogP contribution is -2.12. The minimum atomic E-state index is -0.237. The molecule has 1 atom stereocenters. The number of aliphatic hydroxyl groups excluding tert-OH is 1. The van der Waals surface area contributed by atoms with Crippen LogP contribution >= 0.6 is 0 Å². The van der Waals surface area contributed by atoms with Crippen LogP contribution in [0.15, 0.2) is 49.4 Å². The second kappa shape index (κ2) is 8.19. The molecule has 3 N–H and O–H groups in total. The molecule has 0 saturated heterocycles. The highest BCUT2D eigenvalue weighted by atomic mass is 16.3. The Morgan fingerprint density at radius 2 is 2.25 bits per heavy atom. The van der Waals surface area contributed by atoms with Crippen LogP contribution in [0.2, 0.25) is 0 Å². The fraction of sp³-hybridized carbons (Fsp3) is 0.238. The summed E-state index contributed by atoms with van der Waals surface area (Å²) in [5, 5.41) is 27.8. The van der Waals surface area contributed by atoms with E-state index in [-0.39, 0.29) is 18.6 Å². The van der Waals surface area contributed by atoms with Crippen LogP contribution in [0.5, 0.6) is 0 Å². The summed E-state index contributed by atoms with van der Waals surface area (Å²) < 4.78 is 3.44. The predicted molar refractivity (Wildman–Crippen MR) is 117 cm³/mol. The first kappa shape index (κ1) is 19.8. The SMILES string of the molecule is C=CC(=O)Nc1cccc2c1CC[C@H]2n1nnc2cnc(Nc3cnn(CCO)c3)nc21. The van der Waals surface area contributed by atoms with Gasteiger partial charge in [-0.3, -0.25) is 9.48 Å². The van der Waals surface area contributed by atoms with Gasteiger partial charge in [0.15, 0.2) is 11.2 Å². The number of rotatable bonds is 7. The Bertz CT molecular complexity index is 1310. The zero-order valence-electron chi connectivity index (χ0n) is 17.1. The van der Waals surface area contributed by atoms with E-state index in [0.717, 1.165) is 29.7 Å². The molecule has 11 heteroatoms. The van der Waals surface area contributed by atoms with Crippen LogP contribution < -0.4 is 10.6 Å². The number of hydrogen-bond acceptors (Lipinski definition) is 8. The first-order valence-corrected chi connectivity index (χ1v) is 10.2. The maximum absolute atomic E-state index is 11.8. The molecular formula is C21H21N9O2. The van der Waals surface area contributed by atoms with Gasteiger partial charge in [-0.1, -0.05) is 23.9 Å². The van der Waals surface area contributed by atoms with Gasteiger partial charge in [-0.15, -0.1) is 5.10 Å². The quantitative estimate of drug-likeness (QED) is 0.377. The van der Waals surface area contributed by atoms with Crippen LogP contribution in [0, 0.1) is 0 Å². The molecule has 0 saturated carbocycles. The Labute approximate surface area is 182 Å². The van der Waals surface area contributed by atoms with Crippen molar-refractivity contribution in [3.8, 4) is 0 Å². The summed E-state index contributed by atoms with van der Waals surface area (Å²) in [4.78, 5) is 20.7. The first-order chi connectivity index (χ1) is 15.7. The van der Waals surface area contributed by atoms with Crippen molar-refractivity contribution < 1.29 is 9.90 Å². The Morgan fingerprint density at radius 3 is 3.09 bits per heavy atom. The minimum Gasteiger partial charge on any atom is -0.394 e. The molecule has 11 nitrogen and oxygen atoms in total. The zero-order chi connectivity index (χ0) is 22.1. The molecule has 3 aromatic heterocycles. The molecule has 0 unspecified atom stereocenters. The summed E-state index contributed by atoms with van der Waals surface area (Å²) in [7, 11) is 0. The van der Waals surface area contributed by atoms with Gasteiger partial charge in [0.05, 0.1) is 37.3 Å². The number of nitrogens with one attached hydrogen (secondary N) is 2. The summed E-state index contributed by atoms with van der Waals surface area (Å²) in [5.74, 6) is 0.161. The van der Waals surface area contributed by atoms with E-state index in [0.29, 0.717) is 29.3 Å². The number of benzene rings is 1. The monoisotopic (exact) mass is 431 g/mol. The van der Waals surface area contributed by atoms with E-state index >= 15 is 0 Å². The Balaban J connectivity index is 1.46. The van der Waals surface area contributed by atoms with Gasteiger partial charge >= 0.3 is 0 Å². The number of aromatic nitrogens is 7. The van der Waals surface area contributed by atoms with Crippen LogP contribution in [-0.4, -0.2) is 52.4 Å². The van der Waals surface area contributed by atoms with E-state index in [1.807, 2.05) is 22.9 Å². The van der Waals surface area contributed by atoms with Crippen molar-refractivity contribution in [2.45, 2.75) is 25.4 Å². The molecule has 1 aromatic carbocycles. The van der Waals surface area contributed by atoms with Crippen molar-refractivity contribution in [2.75, 3.05) is 17.2 Å². The minimum absolute atomic E-state index is 0.0102. The van der Waals surface area contributed by atoms with Crippen molar-refractivity contribution >= 4 is 34.4 Å². The smallest absolute Gasteiger partial charge is 0.247 e. The van der Waals surface area contributed by atoms with Crippen LogP contribution in [0.1, 0.15) is 23.6 Å². The van der Waals surface area contributed by atoms with Gasteiger partial charge in [0.1, 0.15) is 0 Å². The lowest BCUT2D eigenvalue weighted by Gasteiger charge is -2.14. The number of amides is 1. The van der Waals surface area contributed by atoms with E-state index in [1.165, 1.54) is 6.08 Å². The molecule has 5 rings (SSSR count). The van der Waals surface area contributed by atoms with Gasteiger partial charge in [-0.25, -0.2) is 9.67 Å². The van der Waals surface area contributed by atoms with Crippen LogP contribution in [0.4, 0.5) is 17.3 Å². The van der Waals surface area contributed by atoms with Crippen molar-refractivity contribution in [1.29, 1.82) is 0 Å². The molecule has 1 aliphatic rings. The van der Waals surface area contributed by atoms with Crippen molar-refractivity contribution in [3.05, 3.63) is 60.6 Å². The molecule has 0 aliphatic heterocycles. The van der Waals surface area contributed by atoms with E-state index in [2.05, 4.69) is 42.6 Å². The maximum Gasteiger partial charge on any atom is 0.247 e. The number of carbonyl (C=O) groups excluding carboxylic acids is 1. The van der Waals surface area contributed by atoms with Gasteiger partial charge in [0.25, 0.3) is 0 Å². The molecule has 1 amide bonds. The largest absolute Gasteiger partial charge is 0.394 e. The Kier molecular flexibility index (Phi) is 5.07. The normalized spacial score (nSPS) is 15.0. The lowest BCUT2D eigenvalue weighted by atomic mass is 10.1. The van der Waals surface area contributed by atoms with Gasteiger partial charge in [0.2, 0.25) is 11.9 Å². The van der Waals surface area contributed by atoms with Crippen LogP contribution in [0.25, 0.3) is 11.2 Å². The molecule has 4 aromatic rings. The molecule has 0 bridgehead atoms. The molecule has 3 heterocycles. The standard InChI is InChI=1S/C21H21N9O2/c1-2-19(32)25-16-5-3-4-15-14(16)6-7-18(15)30-20-17(27-28-30)11-22-21(26-20)24-13-10-23-29(12-13)8-9-31/h2-5,10-12,18,31H,1,6-9H2,(H,25,32)(H,22,24,26)/t18-/m1/s1. The van der Waals surface area contributed by atoms with Gasteiger partial charge in [0, 0.05) is 11.9 Å². The second-order valence-corrected chi connectivity index (χ2v) is 7.40. The topological polar surface area (TPSA) is 136 Å². The van der Waals surface area contributed by atoms with E-state index in [9.17, 15) is 4.79 Å². The highest BCUT2D eigenvalue weighted by Crippen LogP contribution is 2.38. The number of fused-ring (bicyclic) bond motifs is 2. The van der Waals surface area contributed by atoms with Crippen molar-refractivity contribution in [3.63, 3.8) is 0 Å². The summed E-state index contributed by atoms with van der Waals surface area (Å²) in [6.07, 6.45) is 7.92. The highest BCUT2D eigenvalue weighted by molar-refractivity contribution is 5.99. The van der Waals surface area contributed by atoms with Gasteiger partial charge < -0.3 is 15.7 Å². The van der Waals surface area contributed by atoms with Crippen LogP contribution in [-0.2, 0) is 17.8 Å². The number of carbonyl (C=O) groups is 1. The zero-order valence-corrected chi connectivity index (χ0v) is 17.1. The average molecular weight is 431 g/mol. The van der Waals surface area contributed by atoms with Crippen molar-refractivity contribution in [2.24, 2.45) is 0 Å². The third kappa shape index (κ3) is 3.58. The van der Waals surface area contributed by atoms with Crippen LogP contribution in [0.3, 0.4) is 0 Å². The molecule has 0 fully saturated rings. The first-order valence-electron chi connectivity index (χ1n) is 10.2. The molecule has 1 aliphatic carbocycles. The fourth-order valence-electron chi connectivity index (χ4n) is 3.98.